The third kappa shape index (κ3) is 6.28. The van der Waals surface area contributed by atoms with Gasteiger partial charge in [-0.15, -0.1) is 0 Å². The zero-order valence-electron chi connectivity index (χ0n) is 14.7. The standard InChI is InChI=1S/C16H24N4O5/c1-11(7-4-5-10-25-16(17)22)18-14-12(15(21)19(2)3)8-6-9-13(14)20(23)24/h6,8-9,11,18H,4-5,7,10H2,1-3H3,(H2,17,22). The number of unbranched alkanes of at least 4 members (excludes halogenated alkanes) is 1. The fraction of sp³-hybridized carbons (Fsp3) is 0.500. The minimum atomic E-state index is -0.807. The van der Waals surface area contributed by atoms with E-state index in [1.165, 1.54) is 17.0 Å². The average molecular weight is 352 g/mol. The smallest absolute Gasteiger partial charge is 0.404 e. The van der Waals surface area contributed by atoms with Crippen LogP contribution in [0, 0.1) is 10.1 Å². The van der Waals surface area contributed by atoms with E-state index in [-0.39, 0.29) is 35.5 Å². The molecule has 0 saturated carbocycles. The van der Waals surface area contributed by atoms with Crippen LogP contribution in [-0.4, -0.2) is 48.6 Å². The van der Waals surface area contributed by atoms with Crippen LogP contribution in [0.1, 0.15) is 36.5 Å². The zero-order valence-corrected chi connectivity index (χ0v) is 14.7. The summed E-state index contributed by atoms with van der Waals surface area (Å²) in [5, 5.41) is 14.4. The molecule has 0 fully saturated rings. The molecular weight excluding hydrogens is 328 g/mol. The molecule has 1 rings (SSSR count). The summed E-state index contributed by atoms with van der Waals surface area (Å²) in [4.78, 5) is 34.9. The summed E-state index contributed by atoms with van der Waals surface area (Å²) < 4.78 is 4.65. The summed E-state index contributed by atoms with van der Waals surface area (Å²) in [6.45, 7) is 2.10. The maximum atomic E-state index is 12.3. The number of nitro benzene ring substituents is 1. The van der Waals surface area contributed by atoms with Gasteiger partial charge in [0.2, 0.25) is 0 Å². The molecule has 0 aliphatic heterocycles. The number of carbonyl (C=O) groups excluding carboxylic acids is 2. The predicted molar refractivity (Wildman–Crippen MR) is 93.6 cm³/mol. The number of nitrogens with one attached hydrogen (secondary N) is 1. The van der Waals surface area contributed by atoms with Crippen molar-refractivity contribution in [3.05, 3.63) is 33.9 Å². The van der Waals surface area contributed by atoms with Gasteiger partial charge in [-0.05, 0) is 32.3 Å². The molecule has 0 bridgehead atoms. The van der Waals surface area contributed by atoms with Crippen LogP contribution >= 0.6 is 0 Å². The van der Waals surface area contributed by atoms with Crippen LogP contribution in [0.25, 0.3) is 0 Å². The number of para-hydroxylation sites is 1. The highest BCUT2D eigenvalue weighted by Crippen LogP contribution is 2.30. The second kappa shape index (κ2) is 9.45. The molecule has 1 atom stereocenters. The molecule has 25 heavy (non-hydrogen) atoms. The molecule has 0 radical (unpaired) electrons. The molecule has 9 nitrogen and oxygen atoms in total. The first-order chi connectivity index (χ1) is 11.7. The molecule has 0 heterocycles. The first-order valence-electron chi connectivity index (χ1n) is 7.91. The Bertz CT molecular complexity index is 633. The molecule has 0 saturated heterocycles. The molecule has 0 aliphatic rings. The number of rotatable bonds is 9. The monoisotopic (exact) mass is 352 g/mol. The fourth-order valence-electron chi connectivity index (χ4n) is 2.31. The Morgan fingerprint density at radius 3 is 2.60 bits per heavy atom. The van der Waals surface area contributed by atoms with Gasteiger partial charge in [0.15, 0.2) is 0 Å². The largest absolute Gasteiger partial charge is 0.450 e. The van der Waals surface area contributed by atoms with Crippen LogP contribution in [0.4, 0.5) is 16.2 Å². The van der Waals surface area contributed by atoms with E-state index in [1.54, 1.807) is 20.2 Å². The second-order valence-electron chi connectivity index (χ2n) is 5.87. The number of nitro groups is 1. The van der Waals surface area contributed by atoms with Crippen molar-refractivity contribution in [2.75, 3.05) is 26.0 Å². The Labute approximate surface area is 146 Å². The van der Waals surface area contributed by atoms with Crippen molar-refractivity contribution in [3.8, 4) is 0 Å². The van der Waals surface area contributed by atoms with Gasteiger partial charge in [0.05, 0.1) is 17.1 Å². The topological polar surface area (TPSA) is 128 Å². The van der Waals surface area contributed by atoms with Crippen molar-refractivity contribution in [1.29, 1.82) is 0 Å². The van der Waals surface area contributed by atoms with Crippen molar-refractivity contribution in [2.24, 2.45) is 5.73 Å². The Morgan fingerprint density at radius 1 is 1.36 bits per heavy atom. The summed E-state index contributed by atoms with van der Waals surface area (Å²) in [6, 6.07) is 4.31. The van der Waals surface area contributed by atoms with Crippen molar-refractivity contribution in [1.82, 2.24) is 4.90 Å². The van der Waals surface area contributed by atoms with Gasteiger partial charge in [0.1, 0.15) is 5.69 Å². The van der Waals surface area contributed by atoms with Gasteiger partial charge in [0, 0.05) is 26.2 Å². The minimum absolute atomic E-state index is 0.108. The van der Waals surface area contributed by atoms with Gasteiger partial charge in [-0.25, -0.2) is 4.79 Å². The summed E-state index contributed by atoms with van der Waals surface area (Å²) in [6.07, 6.45) is 1.25. The molecular formula is C16H24N4O5. The Kier molecular flexibility index (Phi) is 7.64. The van der Waals surface area contributed by atoms with E-state index in [0.29, 0.717) is 12.8 Å². The molecule has 0 aliphatic carbocycles. The third-order valence-corrected chi connectivity index (χ3v) is 3.54. The van der Waals surface area contributed by atoms with Crippen molar-refractivity contribution < 1.29 is 19.2 Å². The highest BCUT2D eigenvalue weighted by atomic mass is 16.6. The van der Waals surface area contributed by atoms with Crippen molar-refractivity contribution in [2.45, 2.75) is 32.2 Å². The summed E-state index contributed by atoms with van der Waals surface area (Å²) in [5.74, 6) is -0.312. The summed E-state index contributed by atoms with van der Waals surface area (Å²) >= 11 is 0. The number of amides is 2. The molecule has 138 valence electrons. The van der Waals surface area contributed by atoms with E-state index in [9.17, 15) is 19.7 Å². The Balaban J connectivity index is 2.82. The van der Waals surface area contributed by atoms with E-state index in [0.717, 1.165) is 6.42 Å². The van der Waals surface area contributed by atoms with Gasteiger partial charge in [-0.3, -0.25) is 14.9 Å². The molecule has 1 unspecified atom stereocenters. The molecule has 2 amide bonds. The van der Waals surface area contributed by atoms with Gasteiger partial charge < -0.3 is 20.7 Å². The number of benzene rings is 1. The molecule has 1 aromatic rings. The lowest BCUT2D eigenvalue weighted by molar-refractivity contribution is -0.384. The number of carbonyl (C=O) groups is 2. The maximum absolute atomic E-state index is 12.3. The average Bonchev–Trinajstić information content (AvgIpc) is 2.53. The van der Waals surface area contributed by atoms with Gasteiger partial charge >= 0.3 is 6.09 Å². The van der Waals surface area contributed by atoms with E-state index < -0.39 is 11.0 Å². The van der Waals surface area contributed by atoms with Crippen molar-refractivity contribution >= 4 is 23.4 Å². The highest BCUT2D eigenvalue weighted by molar-refractivity contribution is 6.01. The fourth-order valence-corrected chi connectivity index (χ4v) is 2.31. The lowest BCUT2D eigenvalue weighted by Gasteiger charge is -2.19. The molecule has 0 aromatic heterocycles. The van der Waals surface area contributed by atoms with Crippen LogP contribution in [0.2, 0.25) is 0 Å². The van der Waals surface area contributed by atoms with Crippen LogP contribution in [0.3, 0.4) is 0 Å². The van der Waals surface area contributed by atoms with Crippen LogP contribution in [-0.2, 0) is 4.74 Å². The molecule has 3 N–H and O–H groups in total. The highest BCUT2D eigenvalue weighted by Gasteiger charge is 2.23. The molecule has 0 spiro atoms. The van der Waals surface area contributed by atoms with E-state index in [4.69, 9.17) is 5.73 Å². The van der Waals surface area contributed by atoms with Crippen molar-refractivity contribution in [3.63, 3.8) is 0 Å². The zero-order chi connectivity index (χ0) is 19.0. The number of hydrogen-bond donors (Lipinski definition) is 2. The van der Waals surface area contributed by atoms with Crippen LogP contribution in [0.15, 0.2) is 18.2 Å². The van der Waals surface area contributed by atoms with E-state index >= 15 is 0 Å². The number of nitrogens with zero attached hydrogens (tertiary/aromatic N) is 2. The summed E-state index contributed by atoms with van der Waals surface area (Å²) in [7, 11) is 3.18. The molecule has 1 aromatic carbocycles. The van der Waals surface area contributed by atoms with Gasteiger partial charge in [0.25, 0.3) is 11.6 Å². The van der Waals surface area contributed by atoms with Gasteiger partial charge in [-0.1, -0.05) is 6.07 Å². The maximum Gasteiger partial charge on any atom is 0.404 e. The van der Waals surface area contributed by atoms with Crippen LogP contribution < -0.4 is 11.1 Å². The predicted octanol–water partition coefficient (Wildman–Crippen LogP) is 2.36. The number of primary amides is 1. The van der Waals surface area contributed by atoms with E-state index in [1.807, 2.05) is 6.92 Å². The minimum Gasteiger partial charge on any atom is -0.450 e. The number of hydrogen-bond acceptors (Lipinski definition) is 6. The Hall–Kier alpha value is -2.84. The SMILES string of the molecule is CC(CCCCOC(N)=O)Nc1c(C(=O)N(C)C)cccc1[N+](=O)[O-]. The number of ether oxygens (including phenoxy) is 1. The lowest BCUT2D eigenvalue weighted by Crippen LogP contribution is -2.25. The van der Waals surface area contributed by atoms with Crippen LogP contribution in [0.5, 0.6) is 0 Å². The normalized spacial score (nSPS) is 11.5. The number of anilines is 1. The third-order valence-electron chi connectivity index (χ3n) is 3.54. The number of nitrogens with two attached hydrogens (primary N) is 1. The van der Waals surface area contributed by atoms with E-state index in [2.05, 4.69) is 10.1 Å². The first kappa shape index (κ1) is 20.2. The first-order valence-corrected chi connectivity index (χ1v) is 7.91. The summed E-state index contributed by atoms with van der Waals surface area (Å²) in [5.41, 5.74) is 5.20. The van der Waals surface area contributed by atoms with Gasteiger partial charge in [-0.2, -0.15) is 0 Å². The quantitative estimate of drug-likeness (QED) is 0.399. The second-order valence-corrected chi connectivity index (χ2v) is 5.87. The lowest BCUT2D eigenvalue weighted by atomic mass is 10.1. The molecule has 9 heteroatoms. The Morgan fingerprint density at radius 2 is 2.04 bits per heavy atom.